The van der Waals surface area contributed by atoms with Crippen molar-refractivity contribution in [1.29, 1.82) is 0 Å². The van der Waals surface area contributed by atoms with Crippen LogP contribution in [-0.4, -0.2) is 13.8 Å². The predicted molar refractivity (Wildman–Crippen MR) is 94.8 cm³/mol. The number of nitrogens with one attached hydrogen (secondary N) is 1. The first kappa shape index (κ1) is 14.0. The SMILES string of the molecule is Cc1sncc1CNc1ccc(-c2cn3ccccc3n2)cc1. The molecule has 1 aromatic carbocycles. The third-order valence-corrected chi connectivity index (χ3v) is 4.62. The highest BCUT2D eigenvalue weighted by molar-refractivity contribution is 7.05. The summed E-state index contributed by atoms with van der Waals surface area (Å²) in [5.41, 5.74) is 5.42. The van der Waals surface area contributed by atoms with E-state index in [0.29, 0.717) is 0 Å². The van der Waals surface area contributed by atoms with Gasteiger partial charge in [-0.3, -0.25) is 0 Å². The molecule has 0 radical (unpaired) electrons. The third-order valence-electron chi connectivity index (χ3n) is 3.88. The lowest BCUT2D eigenvalue weighted by atomic mass is 10.1. The molecule has 1 N–H and O–H groups in total. The maximum absolute atomic E-state index is 4.65. The van der Waals surface area contributed by atoms with E-state index in [1.807, 2.05) is 35.0 Å². The van der Waals surface area contributed by atoms with Crippen LogP contribution in [0.1, 0.15) is 10.4 Å². The van der Waals surface area contributed by atoms with Gasteiger partial charge in [0.2, 0.25) is 0 Å². The quantitative estimate of drug-likeness (QED) is 0.607. The van der Waals surface area contributed by atoms with Gasteiger partial charge in [-0.1, -0.05) is 18.2 Å². The molecule has 0 aliphatic rings. The van der Waals surface area contributed by atoms with Crippen LogP contribution in [0.5, 0.6) is 0 Å². The van der Waals surface area contributed by atoms with Crippen LogP contribution in [0.3, 0.4) is 0 Å². The van der Waals surface area contributed by atoms with Crippen LogP contribution in [0, 0.1) is 6.92 Å². The molecule has 0 spiro atoms. The zero-order chi connectivity index (χ0) is 15.6. The molecule has 4 aromatic rings. The highest BCUT2D eigenvalue weighted by Crippen LogP contribution is 2.22. The number of nitrogens with zero attached hydrogens (tertiary/aromatic N) is 3. The number of fused-ring (bicyclic) bond motifs is 1. The van der Waals surface area contributed by atoms with E-state index >= 15 is 0 Å². The van der Waals surface area contributed by atoms with Gasteiger partial charge in [-0.05, 0) is 42.7 Å². The normalized spacial score (nSPS) is 11.0. The molecule has 0 amide bonds. The molecule has 0 bridgehead atoms. The summed E-state index contributed by atoms with van der Waals surface area (Å²) in [7, 11) is 0. The minimum absolute atomic E-state index is 0.802. The van der Waals surface area contributed by atoms with Crippen molar-refractivity contribution in [2.75, 3.05) is 5.32 Å². The Hall–Kier alpha value is -2.66. The van der Waals surface area contributed by atoms with Crippen LogP contribution in [0.15, 0.2) is 61.1 Å². The summed E-state index contributed by atoms with van der Waals surface area (Å²) in [5, 5.41) is 3.43. The number of aromatic nitrogens is 3. The molecular formula is C18H16N4S. The topological polar surface area (TPSA) is 42.2 Å². The van der Waals surface area contributed by atoms with Gasteiger partial charge in [0.05, 0.1) is 5.69 Å². The van der Waals surface area contributed by atoms with E-state index in [-0.39, 0.29) is 0 Å². The Morgan fingerprint density at radius 3 is 2.74 bits per heavy atom. The van der Waals surface area contributed by atoms with E-state index in [0.717, 1.165) is 29.1 Å². The van der Waals surface area contributed by atoms with E-state index in [9.17, 15) is 0 Å². The summed E-state index contributed by atoms with van der Waals surface area (Å²) >= 11 is 1.54. The smallest absolute Gasteiger partial charge is 0.137 e. The monoisotopic (exact) mass is 320 g/mol. The van der Waals surface area contributed by atoms with Crippen molar-refractivity contribution in [3.63, 3.8) is 0 Å². The lowest BCUT2D eigenvalue weighted by Crippen LogP contribution is -1.99. The number of hydrogen-bond acceptors (Lipinski definition) is 4. The van der Waals surface area contributed by atoms with Gasteiger partial charge in [-0.2, -0.15) is 0 Å². The maximum Gasteiger partial charge on any atom is 0.137 e. The van der Waals surface area contributed by atoms with Gasteiger partial charge in [0, 0.05) is 46.8 Å². The van der Waals surface area contributed by atoms with E-state index < -0.39 is 0 Å². The highest BCUT2D eigenvalue weighted by Gasteiger charge is 2.04. The van der Waals surface area contributed by atoms with Gasteiger partial charge >= 0.3 is 0 Å². The zero-order valence-corrected chi connectivity index (χ0v) is 13.5. The molecule has 0 fully saturated rings. The Bertz CT molecular complexity index is 904. The second-order valence-corrected chi connectivity index (χ2v) is 6.44. The van der Waals surface area contributed by atoms with Crippen molar-refractivity contribution in [1.82, 2.24) is 13.8 Å². The van der Waals surface area contributed by atoms with Gasteiger partial charge in [0.1, 0.15) is 5.65 Å². The molecule has 5 heteroatoms. The summed E-state index contributed by atoms with van der Waals surface area (Å²) in [5.74, 6) is 0. The number of aryl methyl sites for hydroxylation is 1. The first-order valence-corrected chi connectivity index (χ1v) is 8.25. The molecule has 114 valence electrons. The van der Waals surface area contributed by atoms with Gasteiger partial charge < -0.3 is 9.72 Å². The Morgan fingerprint density at radius 1 is 1.13 bits per heavy atom. The molecule has 0 atom stereocenters. The maximum atomic E-state index is 4.65. The fraction of sp³-hybridized carbons (Fsp3) is 0.111. The number of anilines is 1. The molecule has 0 aliphatic heterocycles. The molecule has 4 nitrogen and oxygen atoms in total. The molecule has 3 aromatic heterocycles. The van der Waals surface area contributed by atoms with Gasteiger partial charge in [-0.25, -0.2) is 9.36 Å². The van der Waals surface area contributed by atoms with Gasteiger partial charge in [0.25, 0.3) is 0 Å². The van der Waals surface area contributed by atoms with Crippen molar-refractivity contribution < 1.29 is 0 Å². The van der Waals surface area contributed by atoms with Crippen LogP contribution < -0.4 is 5.32 Å². The standard InChI is InChI=1S/C18H16N4S/c1-13-15(11-20-23-13)10-19-16-7-5-14(6-8-16)17-12-22-9-3-2-4-18(22)21-17/h2-9,11-12,19H,10H2,1H3. The minimum atomic E-state index is 0.802. The Kier molecular flexibility index (Phi) is 3.55. The molecule has 23 heavy (non-hydrogen) atoms. The van der Waals surface area contributed by atoms with Crippen molar-refractivity contribution >= 4 is 22.9 Å². The number of rotatable bonds is 4. The van der Waals surface area contributed by atoms with E-state index in [2.05, 4.69) is 52.1 Å². The molecule has 0 unspecified atom stereocenters. The van der Waals surface area contributed by atoms with Gasteiger partial charge in [-0.15, -0.1) is 0 Å². The molecule has 0 aliphatic carbocycles. The average Bonchev–Trinajstić information content (AvgIpc) is 3.19. The Balaban J connectivity index is 1.52. The average molecular weight is 320 g/mol. The summed E-state index contributed by atoms with van der Waals surface area (Å²) in [6.45, 7) is 2.90. The van der Waals surface area contributed by atoms with Crippen molar-refractivity contribution in [2.45, 2.75) is 13.5 Å². The first-order valence-electron chi connectivity index (χ1n) is 7.48. The van der Waals surface area contributed by atoms with Crippen LogP contribution >= 0.6 is 11.5 Å². The highest BCUT2D eigenvalue weighted by atomic mass is 32.1. The van der Waals surface area contributed by atoms with Crippen molar-refractivity contribution in [2.24, 2.45) is 0 Å². The van der Waals surface area contributed by atoms with Crippen LogP contribution in [0.2, 0.25) is 0 Å². The lowest BCUT2D eigenvalue weighted by molar-refractivity contribution is 1.13. The fourth-order valence-electron chi connectivity index (χ4n) is 2.52. The second-order valence-electron chi connectivity index (χ2n) is 5.43. The molecule has 0 saturated carbocycles. The Labute approximate surface area is 138 Å². The van der Waals surface area contributed by atoms with Gasteiger partial charge in [0.15, 0.2) is 0 Å². The molecule has 0 saturated heterocycles. The summed E-state index contributed by atoms with van der Waals surface area (Å²) in [6.07, 6.45) is 6.00. The summed E-state index contributed by atoms with van der Waals surface area (Å²) in [6, 6.07) is 14.4. The fourth-order valence-corrected chi connectivity index (χ4v) is 3.10. The molecule has 4 rings (SSSR count). The predicted octanol–water partition coefficient (Wildman–Crippen LogP) is 4.38. The Morgan fingerprint density at radius 2 is 2.00 bits per heavy atom. The van der Waals surface area contributed by atoms with E-state index in [1.54, 1.807) is 11.5 Å². The second kappa shape index (κ2) is 5.85. The van der Waals surface area contributed by atoms with E-state index in [4.69, 9.17) is 0 Å². The van der Waals surface area contributed by atoms with Crippen LogP contribution in [-0.2, 0) is 6.54 Å². The number of imidazole rings is 1. The summed E-state index contributed by atoms with van der Waals surface area (Å²) in [4.78, 5) is 5.91. The molecular weight excluding hydrogens is 304 g/mol. The number of hydrogen-bond donors (Lipinski definition) is 1. The lowest BCUT2D eigenvalue weighted by Gasteiger charge is -2.06. The number of benzene rings is 1. The first-order chi connectivity index (χ1) is 11.3. The van der Waals surface area contributed by atoms with Crippen LogP contribution in [0.4, 0.5) is 5.69 Å². The molecule has 3 heterocycles. The third kappa shape index (κ3) is 2.83. The van der Waals surface area contributed by atoms with E-state index in [1.165, 1.54) is 10.4 Å². The number of pyridine rings is 1. The largest absolute Gasteiger partial charge is 0.381 e. The summed E-state index contributed by atoms with van der Waals surface area (Å²) < 4.78 is 6.24. The minimum Gasteiger partial charge on any atom is -0.381 e. The van der Waals surface area contributed by atoms with Crippen molar-refractivity contribution in [3.8, 4) is 11.3 Å². The van der Waals surface area contributed by atoms with Crippen LogP contribution in [0.25, 0.3) is 16.9 Å². The zero-order valence-electron chi connectivity index (χ0n) is 12.7. The van der Waals surface area contributed by atoms with Crippen molar-refractivity contribution in [3.05, 3.63) is 71.5 Å².